The fourth-order valence-electron chi connectivity index (χ4n) is 3.66. The molecule has 0 unspecified atom stereocenters. The molecule has 0 aliphatic rings. The van der Waals surface area contributed by atoms with Gasteiger partial charge in [0, 0.05) is 11.1 Å². The number of aromatic nitrogens is 2. The number of rotatable bonds is 9. The Morgan fingerprint density at radius 2 is 1.95 bits per heavy atom. The Hall–Kier alpha value is -4.72. The van der Waals surface area contributed by atoms with Crippen LogP contribution >= 0.6 is 0 Å². The van der Waals surface area contributed by atoms with Crippen molar-refractivity contribution in [3.63, 3.8) is 0 Å². The van der Waals surface area contributed by atoms with Gasteiger partial charge in [-0.15, -0.1) is 16.1 Å². The minimum atomic E-state index is -0.911. The van der Waals surface area contributed by atoms with Crippen LogP contribution in [0.15, 0.2) is 83.8 Å². The van der Waals surface area contributed by atoms with Crippen LogP contribution < -0.4 is 11.1 Å². The first-order valence-corrected chi connectivity index (χ1v) is 11.7. The molecule has 7 nitrogen and oxygen atoms in total. The maximum absolute atomic E-state index is 13.0. The van der Waals surface area contributed by atoms with Crippen molar-refractivity contribution < 1.29 is 9.21 Å². The zero-order valence-electron chi connectivity index (χ0n) is 21.2. The number of carbonyl (C=O) groups is 1. The Balaban J connectivity index is 2.04. The topological polar surface area (TPSA) is 118 Å². The van der Waals surface area contributed by atoms with E-state index in [0.717, 1.165) is 5.56 Å². The summed E-state index contributed by atoms with van der Waals surface area (Å²) >= 11 is 0. The molecule has 2 atom stereocenters. The van der Waals surface area contributed by atoms with E-state index >= 15 is 0 Å². The molecule has 3 aromatic rings. The van der Waals surface area contributed by atoms with Gasteiger partial charge in [0.25, 0.3) is 5.91 Å². The Labute approximate surface area is 217 Å². The molecule has 1 amide bonds. The van der Waals surface area contributed by atoms with Crippen molar-refractivity contribution in [3.8, 4) is 29.4 Å². The van der Waals surface area contributed by atoms with E-state index in [1.54, 1.807) is 56.4 Å². The maximum atomic E-state index is 13.0. The van der Waals surface area contributed by atoms with E-state index < -0.39 is 5.54 Å². The summed E-state index contributed by atoms with van der Waals surface area (Å²) in [5, 5.41) is 21.0. The fraction of sp³-hybridized carbons (Fsp3) is 0.200. The summed E-state index contributed by atoms with van der Waals surface area (Å²) in [4.78, 5) is 13.0. The van der Waals surface area contributed by atoms with Crippen LogP contribution in [-0.4, -0.2) is 22.1 Å². The van der Waals surface area contributed by atoms with Gasteiger partial charge < -0.3 is 15.5 Å². The molecular formula is C30H29N5O2. The molecule has 1 aromatic heterocycles. The monoisotopic (exact) mass is 491 g/mol. The van der Waals surface area contributed by atoms with Crippen LogP contribution in [0.1, 0.15) is 48.1 Å². The Kier molecular flexibility index (Phi) is 8.94. The van der Waals surface area contributed by atoms with Gasteiger partial charge in [0.15, 0.2) is 0 Å². The zero-order valence-corrected chi connectivity index (χ0v) is 21.2. The molecule has 7 heteroatoms. The predicted molar refractivity (Wildman–Crippen MR) is 145 cm³/mol. The molecule has 0 aliphatic heterocycles. The van der Waals surface area contributed by atoms with E-state index in [1.165, 1.54) is 0 Å². The molecule has 3 rings (SSSR count). The van der Waals surface area contributed by atoms with Crippen LogP contribution in [0, 0.1) is 23.2 Å². The summed E-state index contributed by atoms with van der Waals surface area (Å²) in [6.07, 6.45) is 7.15. The molecule has 0 spiro atoms. The average molecular weight is 492 g/mol. The van der Waals surface area contributed by atoms with E-state index in [-0.39, 0.29) is 23.7 Å². The van der Waals surface area contributed by atoms with E-state index in [9.17, 15) is 10.1 Å². The number of nitrogens with zero attached hydrogens (tertiary/aromatic N) is 3. The van der Waals surface area contributed by atoms with Crippen molar-refractivity contribution in [2.45, 2.75) is 38.8 Å². The third-order valence-electron chi connectivity index (χ3n) is 5.42. The number of carbonyl (C=O) groups excluding carboxylic acids is 1. The van der Waals surface area contributed by atoms with Gasteiger partial charge in [-0.25, -0.2) is 0 Å². The van der Waals surface area contributed by atoms with Gasteiger partial charge in [-0.1, -0.05) is 61.1 Å². The van der Waals surface area contributed by atoms with Crippen LogP contribution in [0.25, 0.3) is 17.0 Å². The fourth-order valence-corrected chi connectivity index (χ4v) is 3.66. The minimum Gasteiger partial charge on any atom is -0.419 e. The predicted octanol–water partition coefficient (Wildman–Crippen LogP) is 4.94. The highest BCUT2D eigenvalue weighted by molar-refractivity contribution is 5.97. The Morgan fingerprint density at radius 1 is 1.22 bits per heavy atom. The van der Waals surface area contributed by atoms with Crippen molar-refractivity contribution in [2.24, 2.45) is 5.73 Å². The molecule has 1 heterocycles. The Morgan fingerprint density at radius 3 is 2.62 bits per heavy atom. The second-order valence-electron chi connectivity index (χ2n) is 8.69. The average Bonchev–Trinajstić information content (AvgIpc) is 3.39. The lowest BCUT2D eigenvalue weighted by Gasteiger charge is -2.20. The number of nitriles is 1. The number of benzene rings is 2. The standard InChI is InChI=1S/C30H29N5O2/c1-5-7-9-15-23(20-31)24-16-25(27(36)33-21(3)12-6-2)18-26(17-24)28-34-35-29(37-28)30(4,32)19-22-13-10-8-11-14-22/h5,7-11,13-18,21H,1,19,32H2,2-4H3,(H,33,36)/b9-7-,23-15+/t21-,30+/m1/s1. The number of hydrogen-bond acceptors (Lipinski definition) is 6. The maximum Gasteiger partial charge on any atom is 0.252 e. The van der Waals surface area contributed by atoms with Gasteiger partial charge in [0.1, 0.15) is 0 Å². The summed E-state index contributed by atoms with van der Waals surface area (Å²) in [5.74, 6) is 5.79. The van der Waals surface area contributed by atoms with Gasteiger partial charge in [0.05, 0.1) is 23.2 Å². The third kappa shape index (κ3) is 7.14. The van der Waals surface area contributed by atoms with Gasteiger partial charge in [-0.05, 0) is 62.6 Å². The Bertz CT molecular complexity index is 1430. The molecule has 0 saturated heterocycles. The summed E-state index contributed by atoms with van der Waals surface area (Å²) in [5.41, 5.74) is 8.36. The summed E-state index contributed by atoms with van der Waals surface area (Å²) in [7, 11) is 0. The van der Waals surface area contributed by atoms with E-state index in [2.05, 4.69) is 40.0 Å². The summed E-state index contributed by atoms with van der Waals surface area (Å²) in [6, 6.07) is 16.6. The molecule has 0 bridgehead atoms. The summed E-state index contributed by atoms with van der Waals surface area (Å²) in [6.45, 7) is 8.96. The lowest BCUT2D eigenvalue weighted by molar-refractivity contribution is 0.0948. The molecule has 0 radical (unpaired) electrons. The first-order valence-electron chi connectivity index (χ1n) is 11.7. The lowest BCUT2D eigenvalue weighted by Crippen LogP contribution is -2.35. The second kappa shape index (κ2) is 12.3. The zero-order chi connectivity index (χ0) is 26.8. The SMILES string of the molecule is C=C/C=C\C=C(/C#N)c1cc(C(=O)N[C@H](C)C#CC)cc(-c2nnc([C@@](C)(N)Cc3ccccc3)o2)c1. The minimum absolute atomic E-state index is 0.191. The van der Waals surface area contributed by atoms with Crippen molar-refractivity contribution in [1.29, 1.82) is 5.26 Å². The number of amides is 1. The quantitative estimate of drug-likeness (QED) is 0.249. The van der Waals surface area contributed by atoms with E-state index in [1.807, 2.05) is 37.3 Å². The lowest BCUT2D eigenvalue weighted by atomic mass is 9.94. The van der Waals surface area contributed by atoms with Crippen LogP contribution in [0.5, 0.6) is 0 Å². The van der Waals surface area contributed by atoms with Crippen LogP contribution in [-0.2, 0) is 12.0 Å². The molecule has 3 N–H and O–H groups in total. The number of nitrogens with two attached hydrogens (primary N) is 1. The molecule has 2 aromatic carbocycles. The molecule has 186 valence electrons. The molecule has 0 aliphatic carbocycles. The number of nitrogens with one attached hydrogen (secondary N) is 1. The number of hydrogen-bond donors (Lipinski definition) is 2. The molecule has 37 heavy (non-hydrogen) atoms. The van der Waals surface area contributed by atoms with E-state index in [0.29, 0.717) is 28.7 Å². The highest BCUT2D eigenvalue weighted by Crippen LogP contribution is 2.29. The number of allylic oxidation sites excluding steroid dienone is 5. The molecule has 0 saturated carbocycles. The largest absolute Gasteiger partial charge is 0.419 e. The van der Waals surface area contributed by atoms with Crippen LogP contribution in [0.4, 0.5) is 0 Å². The van der Waals surface area contributed by atoms with Crippen LogP contribution in [0.3, 0.4) is 0 Å². The first-order chi connectivity index (χ1) is 17.8. The van der Waals surface area contributed by atoms with Gasteiger partial charge in [-0.3, -0.25) is 4.79 Å². The molecular weight excluding hydrogens is 462 g/mol. The van der Waals surface area contributed by atoms with Crippen molar-refractivity contribution >= 4 is 11.5 Å². The van der Waals surface area contributed by atoms with Gasteiger partial charge >= 0.3 is 0 Å². The van der Waals surface area contributed by atoms with Gasteiger partial charge in [-0.2, -0.15) is 5.26 Å². The van der Waals surface area contributed by atoms with Crippen molar-refractivity contribution in [3.05, 3.63) is 102 Å². The second-order valence-corrected chi connectivity index (χ2v) is 8.69. The van der Waals surface area contributed by atoms with Crippen molar-refractivity contribution in [1.82, 2.24) is 15.5 Å². The van der Waals surface area contributed by atoms with Crippen molar-refractivity contribution in [2.75, 3.05) is 0 Å². The highest BCUT2D eigenvalue weighted by atomic mass is 16.4. The van der Waals surface area contributed by atoms with Crippen LogP contribution in [0.2, 0.25) is 0 Å². The van der Waals surface area contributed by atoms with Gasteiger partial charge in [0.2, 0.25) is 11.8 Å². The first kappa shape index (κ1) is 26.9. The highest BCUT2D eigenvalue weighted by Gasteiger charge is 2.29. The smallest absolute Gasteiger partial charge is 0.252 e. The van der Waals surface area contributed by atoms with E-state index in [4.69, 9.17) is 10.2 Å². The summed E-state index contributed by atoms with van der Waals surface area (Å²) < 4.78 is 6.00. The molecule has 0 fully saturated rings. The normalized spacial score (nSPS) is 13.6. The third-order valence-corrected chi connectivity index (χ3v) is 5.42.